The van der Waals surface area contributed by atoms with Crippen LogP contribution in [0.5, 0.6) is 0 Å². The van der Waals surface area contributed by atoms with Crippen LogP contribution in [-0.2, 0) is 0 Å². The number of aromatic nitrogens is 2. The van der Waals surface area contributed by atoms with Crippen molar-refractivity contribution in [3.05, 3.63) is 58.8 Å². The number of carbonyl (C=O) groups excluding carboxylic acids is 1. The molecule has 0 saturated carbocycles. The molecule has 21 heavy (non-hydrogen) atoms. The van der Waals surface area contributed by atoms with Crippen molar-refractivity contribution in [1.29, 1.82) is 0 Å². The van der Waals surface area contributed by atoms with E-state index in [9.17, 15) is 4.79 Å². The summed E-state index contributed by atoms with van der Waals surface area (Å²) in [5, 5.41) is 5.77. The van der Waals surface area contributed by atoms with E-state index in [1.54, 1.807) is 12.1 Å². The minimum Gasteiger partial charge on any atom is -0.347 e. The van der Waals surface area contributed by atoms with Gasteiger partial charge in [-0.25, -0.2) is 9.97 Å². The minimum absolute atomic E-state index is 0.251. The molecule has 0 bridgehead atoms. The number of aryl methyl sites for hydroxylation is 1. The zero-order chi connectivity index (χ0) is 15.2. The van der Waals surface area contributed by atoms with Gasteiger partial charge in [-0.2, -0.15) is 0 Å². The van der Waals surface area contributed by atoms with Gasteiger partial charge in [0, 0.05) is 22.4 Å². The Bertz CT molecular complexity index is 655. The summed E-state index contributed by atoms with van der Waals surface area (Å²) >= 11 is 3.38. The van der Waals surface area contributed by atoms with Crippen molar-refractivity contribution in [3.63, 3.8) is 0 Å². The van der Waals surface area contributed by atoms with Crippen LogP contribution in [0.2, 0.25) is 0 Å². The van der Waals surface area contributed by atoms with Crippen LogP contribution in [0.15, 0.2) is 47.5 Å². The molecule has 0 fully saturated rings. The van der Waals surface area contributed by atoms with Gasteiger partial charge in [0.1, 0.15) is 5.69 Å². The fraction of sp³-hybridized carbons (Fsp3) is 0.133. The lowest BCUT2D eigenvalue weighted by Gasteiger charge is -2.08. The maximum Gasteiger partial charge on any atom is 0.270 e. The first-order valence-electron chi connectivity index (χ1n) is 6.36. The SMILES string of the molecule is C=CCNC(=O)c1cc(C)nc(Nc2ccc(Br)cc2)n1. The molecular formula is C15H15BrN4O. The average molecular weight is 347 g/mol. The highest BCUT2D eigenvalue weighted by Crippen LogP contribution is 2.17. The van der Waals surface area contributed by atoms with Gasteiger partial charge in [-0.3, -0.25) is 4.79 Å². The lowest BCUT2D eigenvalue weighted by atomic mass is 10.3. The minimum atomic E-state index is -0.251. The fourth-order valence-electron chi connectivity index (χ4n) is 1.66. The quantitative estimate of drug-likeness (QED) is 0.815. The summed E-state index contributed by atoms with van der Waals surface area (Å²) in [6, 6.07) is 9.26. The molecule has 2 rings (SSSR count). The van der Waals surface area contributed by atoms with Crippen molar-refractivity contribution in [2.75, 3.05) is 11.9 Å². The van der Waals surface area contributed by atoms with Gasteiger partial charge in [-0.15, -0.1) is 6.58 Å². The Labute approximate surface area is 131 Å². The van der Waals surface area contributed by atoms with E-state index in [2.05, 4.69) is 43.1 Å². The Kier molecular flexibility index (Phi) is 5.05. The van der Waals surface area contributed by atoms with Crippen LogP contribution in [0, 0.1) is 6.92 Å². The van der Waals surface area contributed by atoms with Crippen LogP contribution in [0.4, 0.5) is 11.6 Å². The zero-order valence-corrected chi connectivity index (χ0v) is 13.1. The molecule has 0 spiro atoms. The highest BCUT2D eigenvalue weighted by atomic mass is 79.9. The maximum atomic E-state index is 11.9. The van der Waals surface area contributed by atoms with Gasteiger partial charge in [-0.1, -0.05) is 22.0 Å². The molecule has 1 aromatic carbocycles. The summed E-state index contributed by atoms with van der Waals surface area (Å²) in [6.45, 7) is 5.78. The molecule has 1 heterocycles. The lowest BCUT2D eigenvalue weighted by molar-refractivity contribution is 0.0953. The molecule has 0 radical (unpaired) electrons. The molecule has 0 atom stereocenters. The number of nitrogens with one attached hydrogen (secondary N) is 2. The molecular weight excluding hydrogens is 332 g/mol. The van der Waals surface area contributed by atoms with Crippen LogP contribution in [0.25, 0.3) is 0 Å². The molecule has 0 saturated heterocycles. The second-order valence-electron chi connectivity index (χ2n) is 4.35. The number of anilines is 2. The van der Waals surface area contributed by atoms with Gasteiger partial charge in [0.25, 0.3) is 5.91 Å². The number of carbonyl (C=O) groups is 1. The molecule has 108 valence electrons. The first kappa shape index (κ1) is 15.2. The van der Waals surface area contributed by atoms with E-state index in [0.717, 1.165) is 10.2 Å². The smallest absolute Gasteiger partial charge is 0.270 e. The number of benzene rings is 1. The van der Waals surface area contributed by atoms with Crippen LogP contribution in [0.1, 0.15) is 16.2 Å². The number of hydrogen-bond acceptors (Lipinski definition) is 4. The first-order valence-corrected chi connectivity index (χ1v) is 7.15. The largest absolute Gasteiger partial charge is 0.347 e. The molecule has 1 amide bonds. The van der Waals surface area contributed by atoms with Crippen molar-refractivity contribution >= 4 is 33.5 Å². The van der Waals surface area contributed by atoms with Gasteiger partial charge < -0.3 is 10.6 Å². The standard InChI is InChI=1S/C15H15BrN4O/c1-3-8-17-14(21)13-9-10(2)18-15(20-13)19-12-6-4-11(16)5-7-12/h3-7,9H,1,8H2,2H3,(H,17,21)(H,18,19,20). The molecule has 2 aromatic rings. The summed E-state index contributed by atoms with van der Waals surface area (Å²) in [5.74, 6) is 0.139. The second kappa shape index (κ2) is 6.99. The number of rotatable bonds is 5. The Morgan fingerprint density at radius 1 is 1.33 bits per heavy atom. The number of halogens is 1. The summed E-state index contributed by atoms with van der Waals surface area (Å²) in [7, 11) is 0. The number of amides is 1. The third-order valence-electron chi connectivity index (χ3n) is 2.59. The number of hydrogen-bond donors (Lipinski definition) is 2. The predicted molar refractivity (Wildman–Crippen MR) is 86.7 cm³/mol. The monoisotopic (exact) mass is 346 g/mol. The number of nitrogens with zero attached hydrogens (tertiary/aromatic N) is 2. The highest BCUT2D eigenvalue weighted by molar-refractivity contribution is 9.10. The molecule has 6 heteroatoms. The van der Waals surface area contributed by atoms with Gasteiger partial charge in [-0.05, 0) is 37.3 Å². The van der Waals surface area contributed by atoms with E-state index in [4.69, 9.17) is 0 Å². The third kappa shape index (κ3) is 4.39. The summed E-state index contributed by atoms with van der Waals surface area (Å²) in [6.07, 6.45) is 1.62. The Morgan fingerprint density at radius 3 is 2.71 bits per heavy atom. The van der Waals surface area contributed by atoms with E-state index in [-0.39, 0.29) is 5.91 Å². The molecule has 0 aliphatic heterocycles. The van der Waals surface area contributed by atoms with E-state index in [1.165, 1.54) is 0 Å². The average Bonchev–Trinajstić information content (AvgIpc) is 2.46. The zero-order valence-electron chi connectivity index (χ0n) is 11.6. The van der Waals surface area contributed by atoms with Gasteiger partial charge in [0.2, 0.25) is 5.95 Å². The van der Waals surface area contributed by atoms with Crippen LogP contribution < -0.4 is 10.6 Å². The van der Waals surface area contributed by atoms with E-state index in [1.807, 2.05) is 31.2 Å². The van der Waals surface area contributed by atoms with Crippen molar-refractivity contribution < 1.29 is 4.79 Å². The molecule has 0 aliphatic rings. The summed E-state index contributed by atoms with van der Waals surface area (Å²) in [4.78, 5) is 20.4. The summed E-state index contributed by atoms with van der Waals surface area (Å²) in [5.41, 5.74) is 1.89. The molecule has 1 aromatic heterocycles. The van der Waals surface area contributed by atoms with Crippen molar-refractivity contribution in [2.45, 2.75) is 6.92 Å². The molecule has 0 unspecified atom stereocenters. The Balaban J connectivity index is 2.20. The van der Waals surface area contributed by atoms with Crippen molar-refractivity contribution in [3.8, 4) is 0 Å². The highest BCUT2D eigenvalue weighted by Gasteiger charge is 2.09. The molecule has 2 N–H and O–H groups in total. The van der Waals surface area contributed by atoms with Crippen LogP contribution in [0.3, 0.4) is 0 Å². The Morgan fingerprint density at radius 2 is 2.05 bits per heavy atom. The van der Waals surface area contributed by atoms with Gasteiger partial charge in [0.05, 0.1) is 0 Å². The summed E-state index contributed by atoms with van der Waals surface area (Å²) < 4.78 is 0.989. The van der Waals surface area contributed by atoms with E-state index < -0.39 is 0 Å². The first-order chi connectivity index (χ1) is 10.1. The Hall–Kier alpha value is -2.21. The van der Waals surface area contributed by atoms with Crippen LogP contribution in [-0.4, -0.2) is 22.4 Å². The predicted octanol–water partition coefficient (Wildman–Crippen LogP) is 3.21. The molecule has 5 nitrogen and oxygen atoms in total. The topological polar surface area (TPSA) is 66.9 Å². The second-order valence-corrected chi connectivity index (χ2v) is 5.26. The van der Waals surface area contributed by atoms with Gasteiger partial charge >= 0.3 is 0 Å². The van der Waals surface area contributed by atoms with Crippen molar-refractivity contribution in [2.24, 2.45) is 0 Å². The lowest BCUT2D eigenvalue weighted by Crippen LogP contribution is -2.24. The van der Waals surface area contributed by atoms with E-state index in [0.29, 0.717) is 23.9 Å². The van der Waals surface area contributed by atoms with Crippen molar-refractivity contribution in [1.82, 2.24) is 15.3 Å². The van der Waals surface area contributed by atoms with E-state index >= 15 is 0 Å². The normalized spacial score (nSPS) is 10.0. The molecule has 0 aliphatic carbocycles. The maximum absolute atomic E-state index is 11.9. The fourth-order valence-corrected chi connectivity index (χ4v) is 1.92. The third-order valence-corrected chi connectivity index (χ3v) is 3.12. The van der Waals surface area contributed by atoms with Crippen LogP contribution >= 0.6 is 15.9 Å². The van der Waals surface area contributed by atoms with Gasteiger partial charge in [0.15, 0.2) is 0 Å².